The Kier molecular flexibility index (Phi) is 9.16. The summed E-state index contributed by atoms with van der Waals surface area (Å²) < 4.78 is 0. The van der Waals surface area contributed by atoms with Crippen molar-refractivity contribution in [3.05, 3.63) is 0 Å². The number of carbonyl (C=O) groups excluding carboxylic acids is 2. The summed E-state index contributed by atoms with van der Waals surface area (Å²) in [6, 6.07) is -1.16. The van der Waals surface area contributed by atoms with E-state index in [0.717, 1.165) is 6.42 Å². The number of rotatable bonds is 9. The van der Waals surface area contributed by atoms with Crippen molar-refractivity contribution in [1.29, 1.82) is 0 Å². The van der Waals surface area contributed by atoms with E-state index in [4.69, 9.17) is 5.11 Å². The van der Waals surface area contributed by atoms with Crippen molar-refractivity contribution in [2.75, 3.05) is 19.6 Å². The molecule has 0 aliphatic rings. The minimum absolute atomic E-state index is 0.0567. The molecule has 0 radical (unpaired) electrons. The molecule has 0 saturated heterocycles. The molecule has 3 amide bonds. The lowest BCUT2D eigenvalue weighted by atomic mass is 10.0. The van der Waals surface area contributed by atoms with Gasteiger partial charge in [-0.15, -0.1) is 0 Å². The normalized spacial score (nSPS) is 13.1. The molecule has 122 valence electrons. The van der Waals surface area contributed by atoms with Gasteiger partial charge < -0.3 is 20.6 Å². The third-order valence-electron chi connectivity index (χ3n) is 3.29. The molecule has 0 aromatic heterocycles. The average molecular weight is 301 g/mol. The van der Waals surface area contributed by atoms with Crippen LogP contribution in [0.2, 0.25) is 0 Å². The van der Waals surface area contributed by atoms with Gasteiger partial charge in [0.1, 0.15) is 6.04 Å². The van der Waals surface area contributed by atoms with Gasteiger partial charge in [-0.1, -0.05) is 13.3 Å². The lowest BCUT2D eigenvalue weighted by Gasteiger charge is -2.23. The van der Waals surface area contributed by atoms with E-state index in [2.05, 4.69) is 10.6 Å². The summed E-state index contributed by atoms with van der Waals surface area (Å²) >= 11 is 0. The van der Waals surface area contributed by atoms with Crippen LogP contribution in [0.15, 0.2) is 0 Å². The Morgan fingerprint density at radius 2 is 1.71 bits per heavy atom. The highest BCUT2D eigenvalue weighted by Gasteiger charge is 2.21. The zero-order chi connectivity index (χ0) is 16.4. The molecule has 0 fully saturated rings. The predicted octanol–water partition coefficient (Wildman–Crippen LogP) is 1.04. The quantitative estimate of drug-likeness (QED) is 0.592. The minimum Gasteiger partial charge on any atom is -0.481 e. The number of likely N-dealkylation sites (N-methyl/N-ethyl adjacent to an activating group) is 1. The predicted molar refractivity (Wildman–Crippen MR) is 80.0 cm³/mol. The molecule has 3 N–H and O–H groups in total. The Bertz CT molecular complexity index is 356. The van der Waals surface area contributed by atoms with Gasteiger partial charge >= 0.3 is 12.0 Å². The van der Waals surface area contributed by atoms with Gasteiger partial charge in [0.05, 0.1) is 5.92 Å². The molecule has 0 aromatic carbocycles. The fourth-order valence-electron chi connectivity index (χ4n) is 2.00. The molecule has 2 unspecified atom stereocenters. The molecule has 21 heavy (non-hydrogen) atoms. The van der Waals surface area contributed by atoms with E-state index in [0.29, 0.717) is 19.5 Å². The van der Waals surface area contributed by atoms with E-state index in [-0.39, 0.29) is 12.5 Å². The second-order valence-corrected chi connectivity index (χ2v) is 4.91. The number of nitrogens with one attached hydrogen (secondary N) is 2. The summed E-state index contributed by atoms with van der Waals surface area (Å²) in [6.07, 6.45) is 1.24. The van der Waals surface area contributed by atoms with E-state index in [1.54, 1.807) is 11.8 Å². The van der Waals surface area contributed by atoms with Crippen molar-refractivity contribution < 1.29 is 19.5 Å². The molecule has 0 rings (SSSR count). The zero-order valence-electron chi connectivity index (χ0n) is 13.3. The van der Waals surface area contributed by atoms with E-state index >= 15 is 0 Å². The van der Waals surface area contributed by atoms with Crippen molar-refractivity contribution in [2.45, 2.75) is 46.6 Å². The number of amides is 3. The van der Waals surface area contributed by atoms with E-state index < -0.39 is 24.0 Å². The van der Waals surface area contributed by atoms with Crippen LogP contribution in [0.3, 0.4) is 0 Å². The van der Waals surface area contributed by atoms with Crippen LogP contribution < -0.4 is 10.6 Å². The van der Waals surface area contributed by atoms with Gasteiger partial charge in [-0.2, -0.15) is 0 Å². The molecule has 0 aliphatic heterocycles. The number of hydrogen-bond donors (Lipinski definition) is 3. The maximum Gasteiger partial charge on any atom is 0.315 e. The first-order valence-corrected chi connectivity index (χ1v) is 7.43. The lowest BCUT2D eigenvalue weighted by molar-refractivity contribution is -0.141. The number of nitrogens with zero attached hydrogens (tertiary/aromatic N) is 1. The van der Waals surface area contributed by atoms with Crippen LogP contribution in [0.5, 0.6) is 0 Å². The highest BCUT2D eigenvalue weighted by Crippen LogP contribution is 2.05. The molecule has 0 saturated carbocycles. The fraction of sp³-hybridized carbons (Fsp3) is 0.786. The van der Waals surface area contributed by atoms with Crippen LogP contribution in [-0.4, -0.2) is 53.6 Å². The van der Waals surface area contributed by atoms with Gasteiger partial charge in [0, 0.05) is 19.6 Å². The van der Waals surface area contributed by atoms with E-state index in [9.17, 15) is 14.4 Å². The summed E-state index contributed by atoms with van der Waals surface area (Å²) in [5, 5.41) is 14.0. The van der Waals surface area contributed by atoms with Crippen molar-refractivity contribution in [3.63, 3.8) is 0 Å². The number of aliphatic carboxylic acids is 1. The largest absolute Gasteiger partial charge is 0.481 e. The molecule has 0 spiro atoms. The van der Waals surface area contributed by atoms with Crippen LogP contribution in [0, 0.1) is 5.92 Å². The topological polar surface area (TPSA) is 98.7 Å². The Hall–Kier alpha value is -1.79. The Morgan fingerprint density at radius 3 is 2.14 bits per heavy atom. The third kappa shape index (κ3) is 6.97. The van der Waals surface area contributed by atoms with Crippen LogP contribution in [0.1, 0.15) is 40.5 Å². The van der Waals surface area contributed by atoms with Gasteiger partial charge in [-0.3, -0.25) is 9.59 Å². The summed E-state index contributed by atoms with van der Waals surface area (Å²) in [7, 11) is 0. The molecule has 0 aliphatic carbocycles. The molecule has 2 atom stereocenters. The third-order valence-corrected chi connectivity index (χ3v) is 3.29. The molecule has 7 heteroatoms. The Labute approximate surface area is 126 Å². The van der Waals surface area contributed by atoms with Gasteiger partial charge in [0.25, 0.3) is 0 Å². The number of hydrogen-bond acceptors (Lipinski definition) is 3. The second kappa shape index (κ2) is 10.0. The fourth-order valence-corrected chi connectivity index (χ4v) is 2.00. The van der Waals surface area contributed by atoms with Gasteiger partial charge in [-0.25, -0.2) is 4.79 Å². The van der Waals surface area contributed by atoms with Crippen molar-refractivity contribution in [3.8, 4) is 0 Å². The maximum absolute atomic E-state index is 12.0. The first-order valence-electron chi connectivity index (χ1n) is 7.43. The summed E-state index contributed by atoms with van der Waals surface area (Å²) in [5.41, 5.74) is 0. The summed E-state index contributed by atoms with van der Waals surface area (Å²) in [6.45, 7) is 8.47. The van der Waals surface area contributed by atoms with Crippen LogP contribution in [0.25, 0.3) is 0 Å². The van der Waals surface area contributed by atoms with Crippen molar-refractivity contribution in [1.82, 2.24) is 15.5 Å². The lowest BCUT2D eigenvalue weighted by Crippen LogP contribution is -2.50. The summed E-state index contributed by atoms with van der Waals surface area (Å²) in [4.78, 5) is 36.3. The SMILES string of the molecule is CCCC(CNC(=O)NC(C)C(=O)N(CC)CC)C(=O)O. The van der Waals surface area contributed by atoms with Crippen molar-refractivity contribution >= 4 is 17.9 Å². The molecule has 0 aromatic rings. The standard InChI is InChI=1S/C14H27N3O4/c1-5-8-11(13(19)20)9-15-14(21)16-10(4)12(18)17(6-2)7-3/h10-11H,5-9H2,1-4H3,(H,19,20)(H2,15,16,21). The molecule has 7 nitrogen and oxygen atoms in total. The highest BCUT2D eigenvalue weighted by atomic mass is 16.4. The van der Waals surface area contributed by atoms with Gasteiger partial charge in [0.15, 0.2) is 0 Å². The molecular formula is C14H27N3O4. The molecule has 0 heterocycles. The summed E-state index contributed by atoms with van der Waals surface area (Å²) in [5.74, 6) is -1.68. The molecule has 0 bridgehead atoms. The van der Waals surface area contributed by atoms with Crippen LogP contribution in [-0.2, 0) is 9.59 Å². The monoisotopic (exact) mass is 301 g/mol. The van der Waals surface area contributed by atoms with E-state index in [1.165, 1.54) is 0 Å². The van der Waals surface area contributed by atoms with Crippen LogP contribution in [0.4, 0.5) is 4.79 Å². The number of urea groups is 1. The highest BCUT2D eigenvalue weighted by molar-refractivity contribution is 5.86. The average Bonchev–Trinajstić information content (AvgIpc) is 2.44. The van der Waals surface area contributed by atoms with Crippen molar-refractivity contribution in [2.24, 2.45) is 5.92 Å². The Morgan fingerprint density at radius 1 is 1.14 bits per heavy atom. The number of carboxylic acid groups (broad SMARTS) is 1. The molecular weight excluding hydrogens is 274 g/mol. The van der Waals surface area contributed by atoms with Crippen LogP contribution >= 0.6 is 0 Å². The van der Waals surface area contributed by atoms with E-state index in [1.807, 2.05) is 20.8 Å². The Balaban J connectivity index is 4.30. The number of carboxylic acids is 1. The minimum atomic E-state index is -0.926. The van der Waals surface area contributed by atoms with Gasteiger partial charge in [-0.05, 0) is 27.2 Å². The maximum atomic E-state index is 12.0. The smallest absolute Gasteiger partial charge is 0.315 e. The van der Waals surface area contributed by atoms with Gasteiger partial charge in [0.2, 0.25) is 5.91 Å². The number of carbonyl (C=O) groups is 3. The first-order chi connectivity index (χ1) is 9.87. The second-order valence-electron chi connectivity index (χ2n) is 4.91. The zero-order valence-corrected chi connectivity index (χ0v) is 13.3. The first kappa shape index (κ1) is 19.2.